The molecule has 0 unspecified atom stereocenters. The van der Waals surface area contributed by atoms with E-state index < -0.39 is 23.9 Å². The van der Waals surface area contributed by atoms with Crippen molar-refractivity contribution in [3.8, 4) is 23.2 Å². The fraction of sp³-hybridized carbons (Fsp3) is 0.364. The van der Waals surface area contributed by atoms with E-state index in [-0.39, 0.29) is 17.5 Å². The Kier molecular flexibility index (Phi) is 5.43. The summed E-state index contributed by atoms with van der Waals surface area (Å²) in [6.45, 7) is -2.13. The predicted octanol–water partition coefficient (Wildman–Crippen LogP) is 1.81. The van der Waals surface area contributed by atoms with E-state index in [0.717, 1.165) is 0 Å². The van der Waals surface area contributed by atoms with Gasteiger partial charge in [0.2, 0.25) is 5.91 Å². The van der Waals surface area contributed by atoms with Crippen molar-refractivity contribution in [1.82, 2.24) is 24.5 Å². The topological polar surface area (TPSA) is 152 Å². The number of hydrogen-bond acceptors (Lipinski definition) is 8. The van der Waals surface area contributed by atoms with Crippen molar-refractivity contribution in [3.63, 3.8) is 0 Å². The van der Waals surface area contributed by atoms with E-state index in [2.05, 4.69) is 31.2 Å². The van der Waals surface area contributed by atoms with Crippen molar-refractivity contribution < 1.29 is 23.1 Å². The lowest BCUT2D eigenvalue weighted by molar-refractivity contribution is -0.133. The van der Waals surface area contributed by atoms with Crippen LogP contribution >= 0.6 is 0 Å². The zero-order valence-electron chi connectivity index (χ0n) is 18.3. The number of hydrogen-bond donors (Lipinski definition) is 2. The van der Waals surface area contributed by atoms with E-state index in [9.17, 15) is 23.6 Å². The highest BCUT2D eigenvalue weighted by molar-refractivity contribution is 6.02. The lowest BCUT2D eigenvalue weighted by atomic mass is 10.1. The molecule has 0 aromatic carbocycles. The molecule has 3 N–H and O–H groups in total. The molecule has 2 amide bonds. The predicted molar refractivity (Wildman–Crippen MR) is 117 cm³/mol. The third kappa shape index (κ3) is 4.18. The van der Waals surface area contributed by atoms with Gasteiger partial charge in [0, 0.05) is 48.8 Å². The monoisotopic (exact) mass is 482 g/mol. The van der Waals surface area contributed by atoms with E-state index >= 15 is 0 Å². The molecule has 0 bridgehead atoms. The molecule has 1 atom stereocenters. The third-order valence-corrected chi connectivity index (χ3v) is 6.26. The number of primary amides is 1. The van der Waals surface area contributed by atoms with Gasteiger partial charge in [-0.2, -0.15) is 19.1 Å². The Hall–Kier alpha value is -4.34. The van der Waals surface area contributed by atoms with Crippen LogP contribution in [-0.4, -0.2) is 62.0 Å². The first-order valence-corrected chi connectivity index (χ1v) is 10.9. The number of aromatic nitrogens is 4. The first-order chi connectivity index (χ1) is 16.8. The minimum absolute atomic E-state index is 0.149. The van der Waals surface area contributed by atoms with E-state index in [1.54, 1.807) is 21.7 Å². The number of ether oxygens (including phenoxy) is 1. The van der Waals surface area contributed by atoms with E-state index in [4.69, 9.17) is 5.73 Å². The summed E-state index contributed by atoms with van der Waals surface area (Å²) in [5.41, 5.74) is 7.03. The summed E-state index contributed by atoms with van der Waals surface area (Å²) in [4.78, 5) is 34.1. The molecule has 3 aromatic heterocycles. The van der Waals surface area contributed by atoms with Gasteiger partial charge in [-0.1, -0.05) is 0 Å². The second kappa shape index (κ2) is 8.46. The normalized spacial score (nSPS) is 18.5. The molecule has 1 saturated carbocycles. The average molecular weight is 482 g/mol. The maximum absolute atomic E-state index is 12.7. The summed E-state index contributed by atoms with van der Waals surface area (Å²) in [6, 6.07) is 3.26. The molecule has 5 rings (SSSR count). The number of carbonyl (C=O) groups is 2. The van der Waals surface area contributed by atoms with Crippen LogP contribution in [0.25, 0.3) is 16.6 Å². The van der Waals surface area contributed by atoms with Crippen LogP contribution < -0.4 is 15.8 Å². The molecule has 0 spiro atoms. The fourth-order valence-electron chi connectivity index (χ4n) is 4.23. The van der Waals surface area contributed by atoms with Gasteiger partial charge in [-0.05, 0) is 25.3 Å². The van der Waals surface area contributed by atoms with Gasteiger partial charge < -0.3 is 20.7 Å². The lowest BCUT2D eigenvalue weighted by Gasteiger charge is -2.20. The smallest absolute Gasteiger partial charge is 0.389 e. The first-order valence-electron chi connectivity index (χ1n) is 10.9. The molecule has 0 radical (unpaired) electrons. The van der Waals surface area contributed by atoms with Crippen LogP contribution in [0.4, 0.5) is 14.5 Å². The molecule has 1 saturated heterocycles. The van der Waals surface area contributed by atoms with E-state index in [0.29, 0.717) is 54.7 Å². The number of fused-ring (bicyclic) bond motifs is 1. The van der Waals surface area contributed by atoms with Crippen LogP contribution in [-0.2, 0) is 4.79 Å². The molecule has 4 heterocycles. The second-order valence-electron chi connectivity index (χ2n) is 8.56. The van der Waals surface area contributed by atoms with Crippen molar-refractivity contribution in [1.29, 1.82) is 5.26 Å². The Balaban J connectivity index is 1.42. The molecule has 1 aliphatic heterocycles. The van der Waals surface area contributed by atoms with E-state index in [1.807, 2.05) is 0 Å². The standard InChI is InChI=1S/C22H20F2N8O3/c23-20(24)35-21-27-6-13(7-28-21)12-5-16-17(15(18(26)33)8-29-32(16)9-12)30-14-1-4-31(10-14)19(34)22(11-25)2-3-22/h5-9,14,20,30H,1-4,10H2,(H2,26,33)/t14-/m0/s1. The number of likely N-dealkylation sites (tertiary alicyclic amines) is 1. The Morgan fingerprint density at radius 3 is 2.63 bits per heavy atom. The number of nitrogens with one attached hydrogen (secondary N) is 1. The summed E-state index contributed by atoms with van der Waals surface area (Å²) >= 11 is 0. The van der Waals surface area contributed by atoms with Gasteiger partial charge in [0.15, 0.2) is 0 Å². The van der Waals surface area contributed by atoms with Gasteiger partial charge in [0.05, 0.1) is 29.0 Å². The molecule has 2 fully saturated rings. The molecule has 11 nitrogen and oxygen atoms in total. The molecule has 1 aliphatic carbocycles. The van der Waals surface area contributed by atoms with Crippen LogP contribution in [0.1, 0.15) is 29.6 Å². The summed E-state index contributed by atoms with van der Waals surface area (Å²) in [7, 11) is 0. The van der Waals surface area contributed by atoms with Crippen molar-refractivity contribution >= 4 is 23.0 Å². The lowest BCUT2D eigenvalue weighted by Crippen LogP contribution is -2.36. The van der Waals surface area contributed by atoms with Gasteiger partial charge in [0.1, 0.15) is 5.41 Å². The van der Waals surface area contributed by atoms with Gasteiger partial charge in [0.25, 0.3) is 5.91 Å². The van der Waals surface area contributed by atoms with Crippen LogP contribution in [0.3, 0.4) is 0 Å². The number of halogens is 2. The first kappa shape index (κ1) is 22.5. The van der Waals surface area contributed by atoms with Gasteiger partial charge in [-0.25, -0.2) is 14.5 Å². The van der Waals surface area contributed by atoms with Crippen LogP contribution in [0, 0.1) is 16.7 Å². The highest BCUT2D eigenvalue weighted by atomic mass is 19.3. The minimum atomic E-state index is -3.03. The molecule has 3 aromatic rings. The number of nitrogens with zero attached hydrogens (tertiary/aromatic N) is 6. The van der Waals surface area contributed by atoms with Crippen LogP contribution in [0.2, 0.25) is 0 Å². The Labute approximate surface area is 197 Å². The summed E-state index contributed by atoms with van der Waals surface area (Å²) in [5, 5.41) is 16.9. The number of nitrogens with two attached hydrogens (primary N) is 1. The summed E-state index contributed by atoms with van der Waals surface area (Å²) in [5.74, 6) is -0.821. The largest absolute Gasteiger partial charge is 0.401 e. The molecule has 35 heavy (non-hydrogen) atoms. The number of anilines is 1. The van der Waals surface area contributed by atoms with Crippen molar-refractivity contribution in [2.75, 3.05) is 18.4 Å². The third-order valence-electron chi connectivity index (χ3n) is 6.26. The Bertz CT molecular complexity index is 1350. The van der Waals surface area contributed by atoms with Crippen molar-refractivity contribution in [3.05, 3.63) is 36.4 Å². The van der Waals surface area contributed by atoms with Gasteiger partial charge in [-0.3, -0.25) is 9.59 Å². The number of amides is 2. The van der Waals surface area contributed by atoms with Crippen LogP contribution in [0.5, 0.6) is 6.01 Å². The molecule has 180 valence electrons. The summed E-state index contributed by atoms with van der Waals surface area (Å²) < 4.78 is 30.4. The summed E-state index contributed by atoms with van der Waals surface area (Å²) in [6.07, 6.45) is 7.50. The Morgan fingerprint density at radius 1 is 1.26 bits per heavy atom. The molecular formula is C22H20F2N8O3. The van der Waals surface area contributed by atoms with Gasteiger partial charge >= 0.3 is 12.6 Å². The average Bonchev–Trinajstić information content (AvgIpc) is 3.28. The molecule has 2 aliphatic rings. The maximum atomic E-state index is 12.7. The van der Waals surface area contributed by atoms with E-state index in [1.165, 1.54) is 18.6 Å². The molecule has 13 heteroatoms. The molecular weight excluding hydrogens is 462 g/mol. The van der Waals surface area contributed by atoms with Crippen molar-refractivity contribution in [2.24, 2.45) is 11.1 Å². The minimum Gasteiger partial charge on any atom is -0.401 e. The zero-order valence-corrected chi connectivity index (χ0v) is 18.3. The highest BCUT2D eigenvalue weighted by Crippen LogP contribution is 2.47. The number of alkyl halides is 2. The SMILES string of the molecule is N#CC1(C(=O)N2CC[C@H](Nc3c(C(N)=O)cnn4cc(-c5cnc(OC(F)F)nc5)cc34)C2)CC1. The fourth-order valence-corrected chi connectivity index (χ4v) is 4.23. The number of carbonyl (C=O) groups excluding carboxylic acids is 2. The van der Waals surface area contributed by atoms with Gasteiger partial charge in [-0.15, -0.1) is 0 Å². The number of rotatable bonds is 7. The maximum Gasteiger partial charge on any atom is 0.389 e. The van der Waals surface area contributed by atoms with Crippen LogP contribution in [0.15, 0.2) is 30.9 Å². The number of nitriles is 1. The van der Waals surface area contributed by atoms with Crippen molar-refractivity contribution in [2.45, 2.75) is 31.9 Å². The second-order valence-corrected chi connectivity index (χ2v) is 8.56. The Morgan fingerprint density at radius 2 is 2.00 bits per heavy atom. The zero-order chi connectivity index (χ0) is 24.7. The quantitative estimate of drug-likeness (QED) is 0.517. The highest BCUT2D eigenvalue weighted by Gasteiger charge is 2.53.